The molecule has 3 aromatic carbocycles. The number of aromatic hydroxyl groups is 1. The Kier molecular flexibility index (Phi) is 4.32. The van der Waals surface area contributed by atoms with Crippen molar-refractivity contribution in [1.29, 1.82) is 0 Å². The minimum absolute atomic E-state index is 0.0217. The van der Waals surface area contributed by atoms with Crippen molar-refractivity contribution in [3.05, 3.63) is 95.2 Å². The van der Waals surface area contributed by atoms with Gasteiger partial charge in [-0.05, 0) is 67.2 Å². The van der Waals surface area contributed by atoms with Crippen LogP contribution in [0.4, 0.5) is 10.1 Å². The maximum atomic E-state index is 13.5. The number of rotatable bonds is 6. The van der Waals surface area contributed by atoms with Crippen LogP contribution in [0.3, 0.4) is 0 Å². The molecule has 4 rings (SSSR count). The standard InChI is InChI=1S/C25H24FNO3/c1-16-2-4-17(5-3-16)23(29)15-14-22-24(18-6-12-21(28)13-7-18)27(25(22)30)20-10-8-19(26)9-11-20/h2-13,22-24,28-29H,14-15H2,1H3/t22-,23+,24-/m1/s1/i6D,7D,12D,13D. The van der Waals surface area contributed by atoms with E-state index in [-0.39, 0.29) is 24.3 Å². The fourth-order valence-electron chi connectivity index (χ4n) is 3.81. The minimum Gasteiger partial charge on any atom is -0.508 e. The van der Waals surface area contributed by atoms with Crippen molar-refractivity contribution in [3.63, 3.8) is 0 Å². The fourth-order valence-corrected chi connectivity index (χ4v) is 3.81. The number of phenols is 1. The van der Waals surface area contributed by atoms with E-state index in [4.69, 9.17) is 5.48 Å². The molecule has 3 atom stereocenters. The van der Waals surface area contributed by atoms with Gasteiger partial charge in [0.15, 0.2) is 0 Å². The van der Waals surface area contributed by atoms with Gasteiger partial charge in [-0.15, -0.1) is 0 Å². The summed E-state index contributed by atoms with van der Waals surface area (Å²) in [6, 6.07) is 9.68. The van der Waals surface area contributed by atoms with Crippen molar-refractivity contribution >= 4 is 11.6 Å². The van der Waals surface area contributed by atoms with E-state index in [1.165, 1.54) is 29.2 Å². The number of anilines is 1. The van der Waals surface area contributed by atoms with Gasteiger partial charge in [0.25, 0.3) is 0 Å². The molecule has 1 aliphatic rings. The lowest BCUT2D eigenvalue weighted by Gasteiger charge is -2.48. The van der Waals surface area contributed by atoms with Crippen molar-refractivity contribution in [2.75, 3.05) is 4.90 Å². The van der Waals surface area contributed by atoms with Gasteiger partial charge < -0.3 is 15.1 Å². The molecule has 0 bridgehead atoms. The Hall–Kier alpha value is -3.18. The largest absolute Gasteiger partial charge is 0.508 e. The van der Waals surface area contributed by atoms with Gasteiger partial charge in [0.2, 0.25) is 5.91 Å². The fraction of sp³-hybridized carbons (Fsp3) is 0.240. The number of aryl methyl sites for hydroxylation is 1. The molecule has 0 aromatic heterocycles. The average molecular weight is 409 g/mol. The lowest BCUT2D eigenvalue weighted by Crippen LogP contribution is -2.55. The first-order valence-electron chi connectivity index (χ1n) is 11.7. The molecule has 30 heavy (non-hydrogen) atoms. The van der Waals surface area contributed by atoms with Gasteiger partial charge in [-0.3, -0.25) is 4.79 Å². The maximum Gasteiger partial charge on any atom is 0.233 e. The first kappa shape index (κ1) is 15.6. The van der Waals surface area contributed by atoms with Crippen molar-refractivity contribution in [2.24, 2.45) is 5.92 Å². The number of benzene rings is 3. The monoisotopic (exact) mass is 409 g/mol. The summed E-state index contributed by atoms with van der Waals surface area (Å²) < 4.78 is 46.2. The predicted molar refractivity (Wildman–Crippen MR) is 114 cm³/mol. The summed E-state index contributed by atoms with van der Waals surface area (Å²) in [5.74, 6) is -2.29. The van der Waals surface area contributed by atoms with E-state index in [0.29, 0.717) is 11.3 Å². The Morgan fingerprint density at radius 3 is 2.33 bits per heavy atom. The molecular formula is C25H24FNO3. The van der Waals surface area contributed by atoms with E-state index >= 15 is 0 Å². The van der Waals surface area contributed by atoms with E-state index in [9.17, 15) is 19.4 Å². The van der Waals surface area contributed by atoms with Gasteiger partial charge in [-0.2, -0.15) is 0 Å². The van der Waals surface area contributed by atoms with Gasteiger partial charge in [0.1, 0.15) is 11.6 Å². The zero-order chi connectivity index (χ0) is 24.7. The highest BCUT2D eigenvalue weighted by Crippen LogP contribution is 2.46. The molecular weight excluding hydrogens is 381 g/mol. The molecule has 1 saturated heterocycles. The normalized spacial score (nSPS) is 21.3. The number of amides is 1. The molecule has 0 radical (unpaired) electrons. The summed E-state index contributed by atoms with van der Waals surface area (Å²) in [6.07, 6.45) is -0.345. The van der Waals surface area contributed by atoms with Gasteiger partial charge in [0, 0.05) is 5.69 Å². The van der Waals surface area contributed by atoms with E-state index in [1.54, 1.807) is 0 Å². The molecule has 1 heterocycles. The van der Waals surface area contributed by atoms with Crippen molar-refractivity contribution in [2.45, 2.75) is 31.9 Å². The Bertz CT molecular complexity index is 1210. The first-order valence-corrected chi connectivity index (χ1v) is 9.74. The number of phenolic OH excluding ortho intramolecular Hbond substituents is 1. The second kappa shape index (κ2) is 8.28. The molecule has 1 fully saturated rings. The molecule has 5 heteroatoms. The third kappa shape index (κ3) is 3.94. The highest BCUT2D eigenvalue weighted by Gasteiger charge is 2.48. The van der Waals surface area contributed by atoms with Crippen LogP contribution in [0.1, 0.15) is 47.2 Å². The smallest absolute Gasteiger partial charge is 0.233 e. The predicted octanol–water partition coefficient (Wildman–Crippen LogP) is 5.06. The number of halogens is 1. The van der Waals surface area contributed by atoms with E-state index in [1.807, 2.05) is 31.2 Å². The molecule has 2 N–H and O–H groups in total. The first-order chi connectivity index (χ1) is 16.1. The summed E-state index contributed by atoms with van der Waals surface area (Å²) in [4.78, 5) is 14.5. The van der Waals surface area contributed by atoms with Crippen molar-refractivity contribution in [3.8, 4) is 5.75 Å². The Morgan fingerprint density at radius 1 is 1.07 bits per heavy atom. The maximum absolute atomic E-state index is 13.5. The van der Waals surface area contributed by atoms with Gasteiger partial charge in [-0.25, -0.2) is 4.39 Å². The number of hydrogen-bond acceptors (Lipinski definition) is 3. The summed E-state index contributed by atoms with van der Waals surface area (Å²) in [7, 11) is 0. The Labute approximate surface area is 180 Å². The molecule has 154 valence electrons. The quantitative estimate of drug-likeness (QED) is 0.560. The number of β-lactam (4-membered cyclic amide) rings is 1. The number of aliphatic hydroxyl groups excluding tert-OH is 1. The molecule has 4 nitrogen and oxygen atoms in total. The molecule has 0 aliphatic carbocycles. The molecule has 0 unspecified atom stereocenters. The third-order valence-electron chi connectivity index (χ3n) is 5.46. The van der Waals surface area contributed by atoms with E-state index in [2.05, 4.69) is 0 Å². The summed E-state index contributed by atoms with van der Waals surface area (Å²) in [5.41, 5.74) is 2.09. The van der Waals surface area contributed by atoms with Crippen LogP contribution in [0.15, 0.2) is 72.7 Å². The molecule has 0 saturated carbocycles. The zero-order valence-electron chi connectivity index (χ0n) is 20.4. The number of carbonyl (C=O) groups excluding carboxylic acids is 1. The van der Waals surface area contributed by atoms with Crippen LogP contribution in [0.25, 0.3) is 0 Å². The van der Waals surface area contributed by atoms with Gasteiger partial charge in [-0.1, -0.05) is 41.9 Å². The van der Waals surface area contributed by atoms with Crippen LogP contribution in [-0.2, 0) is 4.79 Å². The number of aliphatic hydroxyl groups is 1. The molecule has 0 spiro atoms. The molecule has 3 aromatic rings. The number of carbonyl (C=O) groups is 1. The average Bonchev–Trinajstić information content (AvgIpc) is 2.82. The lowest BCUT2D eigenvalue weighted by atomic mass is 9.78. The highest BCUT2D eigenvalue weighted by atomic mass is 19.1. The van der Waals surface area contributed by atoms with Crippen LogP contribution in [0.5, 0.6) is 5.75 Å². The van der Waals surface area contributed by atoms with Crippen LogP contribution in [0, 0.1) is 18.7 Å². The Balaban J connectivity index is 1.70. The lowest BCUT2D eigenvalue weighted by molar-refractivity contribution is -0.131. The summed E-state index contributed by atoms with van der Waals surface area (Å²) in [6.45, 7) is 1.94. The molecule has 1 aliphatic heterocycles. The second-order valence-corrected chi connectivity index (χ2v) is 7.50. The SMILES string of the molecule is [2H]c1c([2H])c([C@@H]2[C@@H](CC[C@H](O)c3ccc(C)cc3)C(=O)N2c2ccc(F)cc2)c([2H])c([2H])c1O. The van der Waals surface area contributed by atoms with Crippen LogP contribution >= 0.6 is 0 Å². The molecule has 1 amide bonds. The minimum atomic E-state index is -0.864. The van der Waals surface area contributed by atoms with E-state index in [0.717, 1.165) is 5.56 Å². The Morgan fingerprint density at radius 2 is 1.70 bits per heavy atom. The van der Waals surface area contributed by atoms with Crippen LogP contribution < -0.4 is 4.90 Å². The van der Waals surface area contributed by atoms with E-state index < -0.39 is 53.8 Å². The summed E-state index contributed by atoms with van der Waals surface area (Å²) in [5, 5.41) is 20.6. The second-order valence-electron chi connectivity index (χ2n) is 7.50. The number of nitrogens with zero attached hydrogens (tertiary/aromatic N) is 1. The highest BCUT2D eigenvalue weighted by molar-refractivity contribution is 6.03. The van der Waals surface area contributed by atoms with Crippen molar-refractivity contribution in [1.82, 2.24) is 0 Å². The third-order valence-corrected chi connectivity index (χ3v) is 5.46. The van der Waals surface area contributed by atoms with Gasteiger partial charge in [0.05, 0.1) is 23.5 Å². The number of hydrogen-bond donors (Lipinski definition) is 2. The zero-order valence-corrected chi connectivity index (χ0v) is 16.4. The topological polar surface area (TPSA) is 60.8 Å². The summed E-state index contributed by atoms with van der Waals surface area (Å²) >= 11 is 0. The van der Waals surface area contributed by atoms with Crippen LogP contribution in [0.2, 0.25) is 0 Å². The van der Waals surface area contributed by atoms with Gasteiger partial charge >= 0.3 is 0 Å². The van der Waals surface area contributed by atoms with Crippen molar-refractivity contribution < 1.29 is 24.9 Å². The van der Waals surface area contributed by atoms with Crippen LogP contribution in [-0.4, -0.2) is 16.1 Å².